The van der Waals surface area contributed by atoms with Gasteiger partial charge in [0.2, 0.25) is 5.91 Å². The number of benzene rings is 1. The van der Waals surface area contributed by atoms with Gasteiger partial charge < -0.3 is 5.73 Å². The molecule has 0 fully saturated rings. The number of nitriles is 1. The lowest BCUT2D eigenvalue weighted by atomic mass is 10.1. The standard InChI is InChI=1S/C17H17N3OS/c1-10-11(2)14(9-18)17(20-12(10)3)22-15(16(19)21)13-7-5-4-6-8-13/h4-8,15H,1-3H3,(H2,19,21)/t15-/m1/s1. The molecule has 22 heavy (non-hydrogen) atoms. The van der Waals surface area contributed by atoms with Crippen molar-refractivity contribution in [1.82, 2.24) is 4.98 Å². The Hall–Kier alpha value is -2.32. The number of carbonyl (C=O) groups excluding carboxylic acids is 1. The van der Waals surface area contributed by atoms with E-state index in [0.29, 0.717) is 10.6 Å². The fourth-order valence-corrected chi connectivity index (χ4v) is 3.30. The number of carbonyl (C=O) groups is 1. The molecule has 0 saturated carbocycles. The highest BCUT2D eigenvalue weighted by Crippen LogP contribution is 2.37. The highest BCUT2D eigenvalue weighted by molar-refractivity contribution is 8.00. The van der Waals surface area contributed by atoms with Gasteiger partial charge in [0.1, 0.15) is 16.3 Å². The molecule has 0 spiro atoms. The molecule has 0 aliphatic rings. The number of primary amides is 1. The van der Waals surface area contributed by atoms with E-state index in [2.05, 4.69) is 11.1 Å². The molecule has 0 unspecified atom stereocenters. The predicted octanol–water partition coefficient (Wildman–Crippen LogP) is 3.20. The van der Waals surface area contributed by atoms with E-state index in [-0.39, 0.29) is 0 Å². The summed E-state index contributed by atoms with van der Waals surface area (Å²) in [5.41, 5.74) is 9.61. The highest BCUT2D eigenvalue weighted by Gasteiger charge is 2.23. The van der Waals surface area contributed by atoms with Gasteiger partial charge in [-0.2, -0.15) is 5.26 Å². The summed E-state index contributed by atoms with van der Waals surface area (Å²) >= 11 is 1.23. The molecule has 1 atom stereocenters. The zero-order chi connectivity index (χ0) is 16.3. The van der Waals surface area contributed by atoms with E-state index in [9.17, 15) is 10.1 Å². The van der Waals surface area contributed by atoms with Gasteiger partial charge in [-0.25, -0.2) is 4.98 Å². The van der Waals surface area contributed by atoms with Crippen molar-refractivity contribution in [1.29, 1.82) is 5.26 Å². The van der Waals surface area contributed by atoms with Crippen LogP contribution < -0.4 is 5.73 Å². The van der Waals surface area contributed by atoms with Crippen LogP contribution in [0.1, 0.15) is 33.2 Å². The minimum Gasteiger partial charge on any atom is -0.368 e. The first kappa shape index (κ1) is 16.1. The molecule has 0 aliphatic heterocycles. The monoisotopic (exact) mass is 311 g/mol. The van der Waals surface area contributed by atoms with Crippen molar-refractivity contribution >= 4 is 17.7 Å². The van der Waals surface area contributed by atoms with Gasteiger partial charge in [0.05, 0.1) is 5.56 Å². The summed E-state index contributed by atoms with van der Waals surface area (Å²) in [6, 6.07) is 11.5. The molecule has 1 amide bonds. The third kappa shape index (κ3) is 3.12. The van der Waals surface area contributed by atoms with Gasteiger partial charge in [-0.15, -0.1) is 0 Å². The minimum atomic E-state index is -0.567. The van der Waals surface area contributed by atoms with Gasteiger partial charge in [0, 0.05) is 5.69 Å². The number of hydrogen-bond donors (Lipinski definition) is 1. The highest BCUT2D eigenvalue weighted by atomic mass is 32.2. The summed E-state index contributed by atoms with van der Waals surface area (Å²) in [4.78, 5) is 16.3. The van der Waals surface area contributed by atoms with Gasteiger partial charge in [0.15, 0.2) is 0 Å². The molecule has 1 aromatic carbocycles. The molecule has 0 radical (unpaired) electrons. The number of nitrogens with zero attached hydrogens (tertiary/aromatic N) is 2. The van der Waals surface area contributed by atoms with Crippen molar-refractivity contribution in [3.05, 3.63) is 58.3 Å². The van der Waals surface area contributed by atoms with Crippen LogP contribution in [0.5, 0.6) is 0 Å². The Kier molecular flexibility index (Phi) is 4.84. The smallest absolute Gasteiger partial charge is 0.235 e. The van der Waals surface area contributed by atoms with Crippen LogP contribution >= 0.6 is 11.8 Å². The molecular weight excluding hydrogens is 294 g/mol. The van der Waals surface area contributed by atoms with E-state index >= 15 is 0 Å². The van der Waals surface area contributed by atoms with Crippen molar-refractivity contribution < 1.29 is 4.79 Å². The molecule has 0 saturated heterocycles. The van der Waals surface area contributed by atoms with Crippen LogP contribution in [0.25, 0.3) is 0 Å². The number of aromatic nitrogens is 1. The van der Waals surface area contributed by atoms with Crippen LogP contribution in [-0.2, 0) is 4.79 Å². The molecule has 2 aromatic rings. The molecule has 1 aromatic heterocycles. The second-order valence-electron chi connectivity index (χ2n) is 5.05. The number of aryl methyl sites for hydroxylation is 1. The van der Waals surface area contributed by atoms with Crippen LogP contribution in [0, 0.1) is 32.1 Å². The van der Waals surface area contributed by atoms with Crippen LogP contribution in [0.4, 0.5) is 0 Å². The normalized spacial score (nSPS) is 11.7. The van der Waals surface area contributed by atoms with E-state index in [0.717, 1.165) is 22.4 Å². The summed E-state index contributed by atoms with van der Waals surface area (Å²) in [6.45, 7) is 5.74. The van der Waals surface area contributed by atoms with Crippen LogP contribution in [0.2, 0.25) is 0 Å². The van der Waals surface area contributed by atoms with E-state index in [1.54, 1.807) is 0 Å². The van der Waals surface area contributed by atoms with E-state index in [1.807, 2.05) is 51.1 Å². The Morgan fingerprint density at radius 1 is 1.23 bits per heavy atom. The summed E-state index contributed by atoms with van der Waals surface area (Å²) in [6.07, 6.45) is 0. The summed E-state index contributed by atoms with van der Waals surface area (Å²) in [5.74, 6) is -0.447. The Balaban J connectivity index is 2.49. The average Bonchev–Trinajstić information content (AvgIpc) is 2.51. The zero-order valence-corrected chi connectivity index (χ0v) is 13.6. The molecule has 2 N–H and O–H groups in total. The minimum absolute atomic E-state index is 0.447. The van der Waals surface area contributed by atoms with Crippen molar-refractivity contribution in [2.24, 2.45) is 5.73 Å². The first-order valence-corrected chi connectivity index (χ1v) is 7.72. The van der Waals surface area contributed by atoms with Gasteiger partial charge in [-0.3, -0.25) is 4.79 Å². The SMILES string of the molecule is Cc1nc(S[C@@H](C(N)=O)c2ccccc2)c(C#N)c(C)c1C. The largest absolute Gasteiger partial charge is 0.368 e. The van der Waals surface area contributed by atoms with Gasteiger partial charge in [0.25, 0.3) is 0 Å². The zero-order valence-electron chi connectivity index (χ0n) is 12.8. The maximum Gasteiger partial charge on any atom is 0.235 e. The molecule has 5 heteroatoms. The van der Waals surface area contributed by atoms with Gasteiger partial charge in [-0.05, 0) is 37.5 Å². The summed E-state index contributed by atoms with van der Waals surface area (Å²) in [5, 5.41) is 9.40. The fraction of sp³-hybridized carbons (Fsp3) is 0.235. The average molecular weight is 311 g/mol. The van der Waals surface area contributed by atoms with E-state index in [4.69, 9.17) is 5.73 Å². The summed E-state index contributed by atoms with van der Waals surface area (Å²) < 4.78 is 0. The van der Waals surface area contributed by atoms with E-state index in [1.165, 1.54) is 11.8 Å². The van der Waals surface area contributed by atoms with Crippen LogP contribution in [0.15, 0.2) is 35.4 Å². The molecule has 0 aliphatic carbocycles. The maximum atomic E-state index is 11.8. The molecule has 1 heterocycles. The van der Waals surface area contributed by atoms with Crippen LogP contribution in [0.3, 0.4) is 0 Å². The Morgan fingerprint density at radius 3 is 2.41 bits per heavy atom. The third-order valence-corrected chi connectivity index (χ3v) is 4.92. The molecule has 0 bridgehead atoms. The maximum absolute atomic E-state index is 11.8. The Labute approximate surface area is 134 Å². The first-order chi connectivity index (χ1) is 10.5. The first-order valence-electron chi connectivity index (χ1n) is 6.84. The molecule has 4 nitrogen and oxygen atoms in total. The lowest BCUT2D eigenvalue weighted by Crippen LogP contribution is -2.19. The van der Waals surface area contributed by atoms with Crippen molar-refractivity contribution in [3.8, 4) is 6.07 Å². The molecular formula is C17H17N3OS. The molecule has 2 rings (SSSR count). The number of nitrogens with two attached hydrogens (primary N) is 1. The lowest BCUT2D eigenvalue weighted by molar-refractivity contribution is -0.117. The lowest BCUT2D eigenvalue weighted by Gasteiger charge is -2.16. The number of rotatable bonds is 4. The Bertz CT molecular complexity index is 751. The number of hydrogen-bond acceptors (Lipinski definition) is 4. The van der Waals surface area contributed by atoms with Crippen molar-refractivity contribution in [3.63, 3.8) is 0 Å². The molecule has 112 valence electrons. The summed E-state index contributed by atoms with van der Waals surface area (Å²) in [7, 11) is 0. The van der Waals surface area contributed by atoms with Gasteiger partial charge >= 0.3 is 0 Å². The quantitative estimate of drug-likeness (QED) is 0.879. The number of thioether (sulfide) groups is 1. The second kappa shape index (κ2) is 6.63. The van der Waals surface area contributed by atoms with Crippen molar-refractivity contribution in [2.45, 2.75) is 31.0 Å². The third-order valence-electron chi connectivity index (χ3n) is 3.67. The fourth-order valence-electron chi connectivity index (χ4n) is 2.16. The van der Waals surface area contributed by atoms with Gasteiger partial charge in [-0.1, -0.05) is 42.1 Å². The number of amides is 1. The number of pyridine rings is 1. The topological polar surface area (TPSA) is 79.8 Å². The van der Waals surface area contributed by atoms with Crippen molar-refractivity contribution in [2.75, 3.05) is 0 Å². The predicted molar refractivity (Wildman–Crippen MR) is 87.4 cm³/mol. The second-order valence-corrected chi connectivity index (χ2v) is 6.14. The van der Waals surface area contributed by atoms with Crippen LogP contribution in [-0.4, -0.2) is 10.9 Å². The van der Waals surface area contributed by atoms with E-state index < -0.39 is 11.2 Å². The Morgan fingerprint density at radius 2 is 1.86 bits per heavy atom.